The van der Waals surface area contributed by atoms with Crippen molar-refractivity contribution in [1.82, 2.24) is 10.2 Å². The first-order valence-electron chi connectivity index (χ1n) is 6.39. The standard InChI is InChI=1S/C12H24N2O/c1-14-8-4-5-10(14)9-13-11-6-2-3-7-12(11)15/h10-13,15H,2-9H2,1H3. The van der Waals surface area contributed by atoms with Crippen LogP contribution in [-0.4, -0.2) is 48.3 Å². The second-order valence-corrected chi connectivity index (χ2v) is 5.14. The molecule has 2 aliphatic rings. The fraction of sp³-hybridized carbons (Fsp3) is 1.00. The molecule has 3 unspecified atom stereocenters. The second-order valence-electron chi connectivity index (χ2n) is 5.14. The minimum absolute atomic E-state index is 0.106. The van der Waals surface area contributed by atoms with Crippen LogP contribution in [0.3, 0.4) is 0 Å². The zero-order valence-corrected chi connectivity index (χ0v) is 9.78. The van der Waals surface area contributed by atoms with Gasteiger partial charge in [0.25, 0.3) is 0 Å². The van der Waals surface area contributed by atoms with E-state index >= 15 is 0 Å². The topological polar surface area (TPSA) is 35.5 Å². The van der Waals surface area contributed by atoms with Crippen LogP contribution in [0.15, 0.2) is 0 Å². The minimum atomic E-state index is -0.106. The highest BCUT2D eigenvalue weighted by atomic mass is 16.3. The third-order valence-electron chi connectivity index (χ3n) is 4.02. The van der Waals surface area contributed by atoms with Gasteiger partial charge in [0.2, 0.25) is 0 Å². The van der Waals surface area contributed by atoms with Gasteiger partial charge in [-0.2, -0.15) is 0 Å². The number of rotatable bonds is 3. The number of hydrogen-bond acceptors (Lipinski definition) is 3. The van der Waals surface area contributed by atoms with Gasteiger partial charge in [-0.1, -0.05) is 12.8 Å². The highest BCUT2D eigenvalue weighted by Crippen LogP contribution is 2.19. The van der Waals surface area contributed by atoms with Crippen LogP contribution >= 0.6 is 0 Å². The van der Waals surface area contributed by atoms with Gasteiger partial charge in [0.05, 0.1) is 6.10 Å². The van der Waals surface area contributed by atoms with Gasteiger partial charge in [-0.25, -0.2) is 0 Å². The van der Waals surface area contributed by atoms with Crippen molar-refractivity contribution in [1.29, 1.82) is 0 Å². The van der Waals surface area contributed by atoms with E-state index in [2.05, 4.69) is 17.3 Å². The number of likely N-dealkylation sites (N-methyl/N-ethyl adjacent to an activating group) is 1. The molecule has 0 amide bonds. The summed E-state index contributed by atoms with van der Waals surface area (Å²) in [6.07, 6.45) is 7.14. The molecule has 88 valence electrons. The number of likely N-dealkylation sites (tertiary alicyclic amines) is 1. The van der Waals surface area contributed by atoms with Crippen molar-refractivity contribution in [2.45, 2.75) is 56.7 Å². The van der Waals surface area contributed by atoms with Crippen molar-refractivity contribution in [3.63, 3.8) is 0 Å². The highest BCUT2D eigenvalue weighted by Gasteiger charge is 2.25. The fourth-order valence-electron chi connectivity index (χ4n) is 2.87. The molecule has 0 aromatic heterocycles. The van der Waals surface area contributed by atoms with Crippen LogP contribution in [0.5, 0.6) is 0 Å². The SMILES string of the molecule is CN1CCCC1CNC1CCCCC1O. The van der Waals surface area contributed by atoms with Gasteiger partial charge in [-0.3, -0.25) is 0 Å². The summed E-state index contributed by atoms with van der Waals surface area (Å²) in [7, 11) is 2.21. The molecule has 2 fully saturated rings. The van der Waals surface area contributed by atoms with E-state index in [1.54, 1.807) is 0 Å². The van der Waals surface area contributed by atoms with Gasteiger partial charge in [0.1, 0.15) is 0 Å². The van der Waals surface area contributed by atoms with Crippen LogP contribution in [0, 0.1) is 0 Å². The Labute approximate surface area is 92.8 Å². The molecule has 3 heteroatoms. The Kier molecular flexibility index (Phi) is 4.00. The monoisotopic (exact) mass is 212 g/mol. The Morgan fingerprint density at radius 1 is 1.20 bits per heavy atom. The molecule has 0 radical (unpaired) electrons. The summed E-state index contributed by atoms with van der Waals surface area (Å²) in [6.45, 7) is 2.29. The lowest BCUT2D eigenvalue weighted by Gasteiger charge is -2.30. The third kappa shape index (κ3) is 2.92. The Hall–Kier alpha value is -0.120. The van der Waals surface area contributed by atoms with Crippen LogP contribution < -0.4 is 5.32 Å². The first-order chi connectivity index (χ1) is 7.27. The predicted molar refractivity (Wildman–Crippen MR) is 61.9 cm³/mol. The summed E-state index contributed by atoms with van der Waals surface area (Å²) >= 11 is 0. The molecular formula is C12H24N2O. The van der Waals surface area contributed by atoms with Crippen LogP contribution in [0.25, 0.3) is 0 Å². The lowest BCUT2D eigenvalue weighted by molar-refractivity contribution is 0.0877. The van der Waals surface area contributed by atoms with Gasteiger partial charge >= 0.3 is 0 Å². The number of nitrogens with zero attached hydrogens (tertiary/aromatic N) is 1. The van der Waals surface area contributed by atoms with Crippen molar-refractivity contribution >= 4 is 0 Å². The van der Waals surface area contributed by atoms with Crippen molar-refractivity contribution in [3.05, 3.63) is 0 Å². The van der Waals surface area contributed by atoms with Crippen molar-refractivity contribution in [2.24, 2.45) is 0 Å². The molecule has 3 atom stereocenters. The minimum Gasteiger partial charge on any atom is -0.392 e. The molecule has 1 heterocycles. The van der Waals surface area contributed by atoms with Crippen LogP contribution in [0.4, 0.5) is 0 Å². The molecule has 3 nitrogen and oxygen atoms in total. The molecule has 15 heavy (non-hydrogen) atoms. The van der Waals surface area contributed by atoms with E-state index in [1.807, 2.05) is 0 Å². The van der Waals surface area contributed by atoms with Crippen LogP contribution in [0.1, 0.15) is 38.5 Å². The lowest BCUT2D eigenvalue weighted by Crippen LogP contribution is -2.46. The molecule has 2 rings (SSSR count). The maximum Gasteiger partial charge on any atom is 0.0693 e. The maximum atomic E-state index is 9.83. The van der Waals surface area contributed by atoms with E-state index in [4.69, 9.17) is 0 Å². The van der Waals surface area contributed by atoms with Crippen molar-refractivity contribution < 1.29 is 5.11 Å². The van der Waals surface area contributed by atoms with Gasteiger partial charge < -0.3 is 15.3 Å². The molecule has 1 saturated carbocycles. The van der Waals surface area contributed by atoms with Gasteiger partial charge in [0.15, 0.2) is 0 Å². The Morgan fingerprint density at radius 2 is 2.00 bits per heavy atom. The lowest BCUT2D eigenvalue weighted by atomic mass is 9.92. The Morgan fingerprint density at radius 3 is 2.67 bits per heavy atom. The zero-order chi connectivity index (χ0) is 10.7. The van der Waals surface area contributed by atoms with E-state index in [-0.39, 0.29) is 6.10 Å². The van der Waals surface area contributed by atoms with E-state index < -0.39 is 0 Å². The first-order valence-corrected chi connectivity index (χ1v) is 6.39. The smallest absolute Gasteiger partial charge is 0.0693 e. The van der Waals surface area contributed by atoms with Gasteiger partial charge in [-0.05, 0) is 39.3 Å². The Balaban J connectivity index is 1.72. The first kappa shape index (κ1) is 11.4. The van der Waals surface area contributed by atoms with Crippen molar-refractivity contribution in [3.8, 4) is 0 Å². The molecule has 2 N–H and O–H groups in total. The zero-order valence-electron chi connectivity index (χ0n) is 9.78. The second kappa shape index (κ2) is 5.28. The van der Waals surface area contributed by atoms with Gasteiger partial charge in [0, 0.05) is 18.6 Å². The van der Waals surface area contributed by atoms with E-state index in [1.165, 1.54) is 32.2 Å². The summed E-state index contributed by atoms with van der Waals surface area (Å²) in [5.74, 6) is 0. The largest absolute Gasteiger partial charge is 0.392 e. The predicted octanol–water partition coefficient (Wildman–Crippen LogP) is 0.974. The fourth-order valence-corrected chi connectivity index (χ4v) is 2.87. The van der Waals surface area contributed by atoms with Gasteiger partial charge in [-0.15, -0.1) is 0 Å². The number of hydrogen-bond donors (Lipinski definition) is 2. The van der Waals surface area contributed by atoms with Crippen LogP contribution in [0.2, 0.25) is 0 Å². The molecule has 0 spiro atoms. The maximum absolute atomic E-state index is 9.83. The van der Waals surface area contributed by atoms with E-state index in [9.17, 15) is 5.11 Å². The number of nitrogens with one attached hydrogen (secondary N) is 1. The molecule has 0 bridgehead atoms. The number of aliphatic hydroxyl groups is 1. The number of aliphatic hydroxyl groups excluding tert-OH is 1. The molecule has 0 aromatic rings. The summed E-state index contributed by atoms with van der Waals surface area (Å²) in [5.41, 5.74) is 0. The Bertz CT molecular complexity index is 198. The van der Waals surface area contributed by atoms with E-state index in [0.29, 0.717) is 12.1 Å². The average molecular weight is 212 g/mol. The molecule has 1 aliphatic carbocycles. The van der Waals surface area contributed by atoms with Crippen molar-refractivity contribution in [2.75, 3.05) is 20.1 Å². The third-order valence-corrected chi connectivity index (χ3v) is 4.02. The highest BCUT2D eigenvalue weighted by molar-refractivity contribution is 4.84. The average Bonchev–Trinajstić information content (AvgIpc) is 2.63. The molecule has 1 saturated heterocycles. The molecule has 0 aromatic carbocycles. The normalized spacial score (nSPS) is 38.4. The quantitative estimate of drug-likeness (QED) is 0.732. The summed E-state index contributed by atoms with van der Waals surface area (Å²) in [5, 5.41) is 13.4. The summed E-state index contributed by atoms with van der Waals surface area (Å²) < 4.78 is 0. The molecular weight excluding hydrogens is 188 g/mol. The van der Waals surface area contributed by atoms with Crippen LogP contribution in [-0.2, 0) is 0 Å². The summed E-state index contributed by atoms with van der Waals surface area (Å²) in [6, 6.07) is 1.05. The van der Waals surface area contributed by atoms with E-state index in [0.717, 1.165) is 19.4 Å². The molecule has 1 aliphatic heterocycles. The summed E-state index contributed by atoms with van der Waals surface area (Å²) in [4.78, 5) is 2.43.